The highest BCUT2D eigenvalue weighted by atomic mass is 32.1. The molecule has 1 saturated heterocycles. The van der Waals surface area contributed by atoms with Gasteiger partial charge in [-0.05, 0) is 26.8 Å². The Labute approximate surface area is 100 Å². The Kier molecular flexibility index (Phi) is 3.13. The molecule has 1 unspecified atom stereocenters. The number of nitrogens with zero attached hydrogens (tertiary/aromatic N) is 1. The summed E-state index contributed by atoms with van der Waals surface area (Å²) < 4.78 is 0. The van der Waals surface area contributed by atoms with Gasteiger partial charge in [-0.2, -0.15) is 0 Å². The van der Waals surface area contributed by atoms with Crippen molar-refractivity contribution in [2.75, 3.05) is 13.1 Å². The van der Waals surface area contributed by atoms with E-state index >= 15 is 0 Å². The van der Waals surface area contributed by atoms with Crippen molar-refractivity contribution < 1.29 is 4.79 Å². The van der Waals surface area contributed by atoms with E-state index in [1.807, 2.05) is 6.92 Å². The number of ketones is 1. The Morgan fingerprint density at radius 1 is 1.56 bits per heavy atom. The molecule has 0 bridgehead atoms. The van der Waals surface area contributed by atoms with Crippen LogP contribution in [0.15, 0.2) is 0 Å². The molecular formula is C12H18N2OS. The van der Waals surface area contributed by atoms with Crippen LogP contribution in [0.1, 0.15) is 28.9 Å². The van der Waals surface area contributed by atoms with Crippen LogP contribution in [0.2, 0.25) is 0 Å². The largest absolute Gasteiger partial charge is 0.316 e. The second-order valence-electron chi connectivity index (χ2n) is 4.84. The Morgan fingerprint density at radius 2 is 2.31 bits per heavy atom. The average molecular weight is 238 g/mol. The number of carbonyl (C=O) groups is 1. The Bertz CT molecular complexity index is 386. The van der Waals surface area contributed by atoms with Crippen LogP contribution in [0.25, 0.3) is 0 Å². The topological polar surface area (TPSA) is 42.0 Å². The number of hydrogen-bond acceptors (Lipinski definition) is 4. The SMILES string of the molecule is Cc1nc(CC(=O)C2(C)CCNC2)sc1C. The molecule has 2 heterocycles. The minimum atomic E-state index is -0.173. The van der Waals surface area contributed by atoms with Crippen LogP contribution in [-0.4, -0.2) is 23.9 Å². The number of aryl methyl sites for hydroxylation is 2. The molecule has 88 valence electrons. The Hall–Kier alpha value is -0.740. The molecule has 1 fully saturated rings. The van der Waals surface area contributed by atoms with Crippen LogP contribution in [0.3, 0.4) is 0 Å². The second kappa shape index (κ2) is 4.26. The van der Waals surface area contributed by atoms with Gasteiger partial charge in [0.25, 0.3) is 0 Å². The van der Waals surface area contributed by atoms with Gasteiger partial charge in [-0.1, -0.05) is 6.92 Å². The zero-order valence-electron chi connectivity index (χ0n) is 10.1. The molecule has 0 aromatic carbocycles. The average Bonchev–Trinajstić information content (AvgIpc) is 2.76. The number of hydrogen-bond donors (Lipinski definition) is 1. The molecule has 0 saturated carbocycles. The summed E-state index contributed by atoms with van der Waals surface area (Å²) in [6.45, 7) is 7.88. The van der Waals surface area contributed by atoms with E-state index in [1.165, 1.54) is 4.88 Å². The van der Waals surface area contributed by atoms with Crippen molar-refractivity contribution >= 4 is 17.1 Å². The van der Waals surface area contributed by atoms with Crippen molar-refractivity contribution in [3.05, 3.63) is 15.6 Å². The fourth-order valence-corrected chi connectivity index (χ4v) is 2.95. The first-order chi connectivity index (χ1) is 7.51. The lowest BCUT2D eigenvalue weighted by molar-refractivity contribution is -0.126. The monoisotopic (exact) mass is 238 g/mol. The molecule has 2 rings (SSSR count). The molecule has 0 amide bonds. The summed E-state index contributed by atoms with van der Waals surface area (Å²) in [4.78, 5) is 17.8. The van der Waals surface area contributed by atoms with E-state index in [9.17, 15) is 4.79 Å². The van der Waals surface area contributed by atoms with Crippen molar-refractivity contribution in [2.45, 2.75) is 33.6 Å². The number of Topliss-reactive ketones (excluding diaryl/α,β-unsaturated/α-hetero) is 1. The maximum atomic E-state index is 12.2. The van der Waals surface area contributed by atoms with Gasteiger partial charge in [-0.25, -0.2) is 4.98 Å². The third-order valence-corrected chi connectivity index (χ3v) is 4.50. The first-order valence-electron chi connectivity index (χ1n) is 5.68. The third kappa shape index (κ3) is 2.18. The Balaban J connectivity index is 2.07. The van der Waals surface area contributed by atoms with Crippen LogP contribution < -0.4 is 5.32 Å². The molecule has 1 N–H and O–H groups in total. The molecule has 1 aliphatic heterocycles. The molecule has 1 aromatic heterocycles. The third-order valence-electron chi connectivity index (χ3n) is 3.43. The van der Waals surface area contributed by atoms with Gasteiger partial charge in [0.1, 0.15) is 10.8 Å². The lowest BCUT2D eigenvalue weighted by atomic mass is 9.83. The van der Waals surface area contributed by atoms with Gasteiger partial charge in [-0.15, -0.1) is 11.3 Å². The zero-order chi connectivity index (χ0) is 11.8. The molecule has 4 heteroatoms. The molecule has 1 atom stereocenters. The van der Waals surface area contributed by atoms with Gasteiger partial charge in [0.2, 0.25) is 0 Å². The van der Waals surface area contributed by atoms with Gasteiger partial charge in [0.15, 0.2) is 0 Å². The predicted octanol–water partition coefficient (Wildman–Crippen LogP) is 1.87. The van der Waals surface area contributed by atoms with Crippen LogP contribution in [0.4, 0.5) is 0 Å². The summed E-state index contributed by atoms with van der Waals surface area (Å²) >= 11 is 1.65. The molecule has 1 aromatic rings. The number of aromatic nitrogens is 1. The lowest BCUT2D eigenvalue weighted by Gasteiger charge is -2.19. The van der Waals surface area contributed by atoms with Crippen molar-refractivity contribution in [1.82, 2.24) is 10.3 Å². The molecular weight excluding hydrogens is 220 g/mol. The van der Waals surface area contributed by atoms with Crippen molar-refractivity contribution in [3.8, 4) is 0 Å². The van der Waals surface area contributed by atoms with E-state index in [4.69, 9.17) is 0 Å². The zero-order valence-corrected chi connectivity index (χ0v) is 10.9. The predicted molar refractivity (Wildman–Crippen MR) is 65.9 cm³/mol. The normalized spacial score (nSPS) is 24.9. The molecule has 0 radical (unpaired) electrons. The fraction of sp³-hybridized carbons (Fsp3) is 0.667. The smallest absolute Gasteiger partial charge is 0.146 e. The number of nitrogens with one attached hydrogen (secondary N) is 1. The maximum absolute atomic E-state index is 12.2. The quantitative estimate of drug-likeness (QED) is 0.874. The summed E-state index contributed by atoms with van der Waals surface area (Å²) in [5, 5.41) is 4.22. The van der Waals surface area contributed by atoms with Gasteiger partial charge >= 0.3 is 0 Å². The summed E-state index contributed by atoms with van der Waals surface area (Å²) in [5.74, 6) is 0.325. The van der Waals surface area contributed by atoms with Crippen molar-refractivity contribution in [1.29, 1.82) is 0 Å². The second-order valence-corrected chi connectivity index (χ2v) is 6.12. The minimum Gasteiger partial charge on any atom is -0.316 e. The van der Waals surface area contributed by atoms with Gasteiger partial charge in [-0.3, -0.25) is 4.79 Å². The summed E-state index contributed by atoms with van der Waals surface area (Å²) in [5.41, 5.74) is 0.885. The van der Waals surface area contributed by atoms with Crippen LogP contribution in [0.5, 0.6) is 0 Å². The van der Waals surface area contributed by atoms with Crippen molar-refractivity contribution in [3.63, 3.8) is 0 Å². The van der Waals surface area contributed by atoms with E-state index in [2.05, 4.69) is 24.1 Å². The van der Waals surface area contributed by atoms with Crippen LogP contribution >= 0.6 is 11.3 Å². The maximum Gasteiger partial charge on any atom is 0.146 e. The van der Waals surface area contributed by atoms with Crippen molar-refractivity contribution in [2.24, 2.45) is 5.41 Å². The van der Waals surface area contributed by atoms with Crippen LogP contribution in [-0.2, 0) is 11.2 Å². The molecule has 0 aliphatic carbocycles. The molecule has 3 nitrogen and oxygen atoms in total. The summed E-state index contributed by atoms with van der Waals surface area (Å²) in [6.07, 6.45) is 1.45. The van der Waals surface area contributed by atoms with E-state index in [1.54, 1.807) is 11.3 Å². The lowest BCUT2D eigenvalue weighted by Crippen LogP contribution is -2.31. The highest BCUT2D eigenvalue weighted by Crippen LogP contribution is 2.28. The molecule has 16 heavy (non-hydrogen) atoms. The molecule has 1 aliphatic rings. The van der Waals surface area contributed by atoms with Gasteiger partial charge in [0.05, 0.1) is 12.1 Å². The molecule has 0 spiro atoms. The van der Waals surface area contributed by atoms with E-state index < -0.39 is 0 Å². The Morgan fingerprint density at radius 3 is 2.81 bits per heavy atom. The van der Waals surface area contributed by atoms with Crippen LogP contribution in [0, 0.1) is 19.3 Å². The first kappa shape index (κ1) is 11.7. The highest BCUT2D eigenvalue weighted by molar-refractivity contribution is 7.11. The van der Waals surface area contributed by atoms with Gasteiger partial charge < -0.3 is 5.32 Å². The summed E-state index contributed by atoms with van der Waals surface area (Å²) in [7, 11) is 0. The number of carbonyl (C=O) groups excluding carboxylic acids is 1. The van der Waals surface area contributed by atoms with Gasteiger partial charge in [0, 0.05) is 16.8 Å². The fourth-order valence-electron chi connectivity index (χ4n) is 2.02. The van der Waals surface area contributed by atoms with E-state index in [0.29, 0.717) is 12.2 Å². The summed E-state index contributed by atoms with van der Waals surface area (Å²) in [6, 6.07) is 0. The number of thiazole rings is 1. The van der Waals surface area contributed by atoms with E-state index in [-0.39, 0.29) is 5.41 Å². The van der Waals surface area contributed by atoms with E-state index in [0.717, 1.165) is 30.2 Å². The number of rotatable bonds is 3. The standard InChI is InChI=1S/C12H18N2OS/c1-8-9(2)16-11(14-8)6-10(15)12(3)4-5-13-7-12/h13H,4-7H2,1-3H3. The first-order valence-corrected chi connectivity index (χ1v) is 6.50. The highest BCUT2D eigenvalue weighted by Gasteiger charge is 2.36. The minimum absolute atomic E-state index is 0.173.